The molecule has 0 rings (SSSR count). The van der Waals surface area contributed by atoms with Gasteiger partial charge < -0.3 is 14.8 Å². The van der Waals surface area contributed by atoms with Crippen LogP contribution in [-0.4, -0.2) is 50.9 Å². The molecule has 15 heavy (non-hydrogen) atoms. The van der Waals surface area contributed by atoms with Crippen LogP contribution in [0, 0.1) is 0 Å². The van der Waals surface area contributed by atoms with Gasteiger partial charge in [-0.2, -0.15) is 11.8 Å². The van der Waals surface area contributed by atoms with Crippen LogP contribution in [0.25, 0.3) is 0 Å². The minimum Gasteiger partial charge on any atom is -0.468 e. The van der Waals surface area contributed by atoms with Gasteiger partial charge in [0.05, 0.1) is 7.11 Å². The van der Waals surface area contributed by atoms with E-state index >= 15 is 0 Å². The number of ether oxygens (including phenoxy) is 2. The highest BCUT2D eigenvalue weighted by Gasteiger charge is 2.16. The number of likely N-dealkylation sites (N-methyl/N-ethyl adjacent to an activating group) is 1. The molecule has 0 aromatic carbocycles. The first-order chi connectivity index (χ1) is 7.26. The third-order valence-electron chi connectivity index (χ3n) is 1.86. The Hall–Kier alpha value is -0.260. The molecule has 1 N–H and O–H groups in total. The number of methoxy groups -OCH3 is 2. The Bertz CT molecular complexity index is 167. The summed E-state index contributed by atoms with van der Waals surface area (Å²) in [7, 11) is 3.11. The van der Waals surface area contributed by atoms with Crippen LogP contribution < -0.4 is 5.32 Å². The maximum atomic E-state index is 11.3. The molecule has 5 heteroatoms. The van der Waals surface area contributed by atoms with Crippen molar-refractivity contribution in [2.45, 2.75) is 19.4 Å². The second-order valence-corrected chi connectivity index (χ2v) is 4.20. The maximum Gasteiger partial charge on any atom is 0.323 e. The predicted octanol–water partition coefficient (Wildman–Crippen LogP) is 0.907. The fraction of sp³-hybridized carbons (Fsp3) is 0.900. The number of carbonyl (C=O) groups excluding carboxylic acids is 1. The van der Waals surface area contributed by atoms with Crippen LogP contribution >= 0.6 is 11.8 Å². The Labute approximate surface area is 96.1 Å². The lowest BCUT2D eigenvalue weighted by molar-refractivity contribution is -0.142. The van der Waals surface area contributed by atoms with Gasteiger partial charge in [-0.15, -0.1) is 0 Å². The highest BCUT2D eigenvalue weighted by Crippen LogP contribution is 2.06. The van der Waals surface area contributed by atoms with E-state index in [4.69, 9.17) is 9.47 Å². The zero-order valence-electron chi connectivity index (χ0n) is 9.75. The van der Waals surface area contributed by atoms with Gasteiger partial charge in [0, 0.05) is 19.5 Å². The van der Waals surface area contributed by atoms with E-state index in [0.29, 0.717) is 0 Å². The lowest BCUT2D eigenvalue weighted by atomic mass is 10.3. The Kier molecular flexibility index (Phi) is 10.1. The van der Waals surface area contributed by atoms with Crippen LogP contribution in [0.3, 0.4) is 0 Å². The standard InChI is InChI=1S/C10H21NO3S/c1-4-11-9(10(12)14-3)8-15-7-5-6-13-2/h9,11H,4-8H2,1-3H3. The number of esters is 1. The van der Waals surface area contributed by atoms with Gasteiger partial charge in [-0.1, -0.05) is 6.92 Å². The Morgan fingerprint density at radius 3 is 2.73 bits per heavy atom. The van der Waals surface area contributed by atoms with Crippen molar-refractivity contribution < 1.29 is 14.3 Å². The topological polar surface area (TPSA) is 47.6 Å². The first-order valence-corrected chi connectivity index (χ1v) is 6.29. The normalized spacial score (nSPS) is 12.5. The van der Waals surface area contributed by atoms with E-state index in [9.17, 15) is 4.79 Å². The Morgan fingerprint density at radius 2 is 2.20 bits per heavy atom. The van der Waals surface area contributed by atoms with Crippen LogP contribution in [0.15, 0.2) is 0 Å². The van der Waals surface area contributed by atoms with Crippen molar-refractivity contribution in [1.82, 2.24) is 5.32 Å². The average Bonchev–Trinajstić information content (AvgIpc) is 2.26. The van der Waals surface area contributed by atoms with Crippen LogP contribution in [0.4, 0.5) is 0 Å². The Balaban J connectivity index is 3.61. The minimum atomic E-state index is -0.187. The molecule has 90 valence electrons. The van der Waals surface area contributed by atoms with Gasteiger partial charge in [0.25, 0.3) is 0 Å². The molecule has 0 aliphatic carbocycles. The van der Waals surface area contributed by atoms with Crippen molar-refractivity contribution in [3.05, 3.63) is 0 Å². The van der Waals surface area contributed by atoms with Crippen LogP contribution in [0.2, 0.25) is 0 Å². The first-order valence-electron chi connectivity index (χ1n) is 5.14. The molecule has 0 aliphatic rings. The molecular formula is C10H21NO3S. The third-order valence-corrected chi connectivity index (χ3v) is 3.00. The summed E-state index contributed by atoms with van der Waals surface area (Å²) in [6, 6.07) is -0.187. The van der Waals surface area contributed by atoms with Crippen molar-refractivity contribution in [1.29, 1.82) is 0 Å². The molecule has 4 nitrogen and oxygen atoms in total. The van der Waals surface area contributed by atoms with Gasteiger partial charge in [-0.3, -0.25) is 4.79 Å². The zero-order chi connectivity index (χ0) is 11.5. The van der Waals surface area contributed by atoms with E-state index < -0.39 is 0 Å². The van der Waals surface area contributed by atoms with E-state index in [1.54, 1.807) is 18.9 Å². The minimum absolute atomic E-state index is 0.184. The number of nitrogens with one attached hydrogen (secondary N) is 1. The number of carbonyl (C=O) groups is 1. The van der Waals surface area contributed by atoms with Crippen LogP contribution in [0.5, 0.6) is 0 Å². The third kappa shape index (κ3) is 7.64. The second kappa shape index (κ2) is 10.3. The largest absolute Gasteiger partial charge is 0.468 e. The van der Waals surface area contributed by atoms with Crippen molar-refractivity contribution in [2.75, 3.05) is 38.9 Å². The summed E-state index contributed by atoms with van der Waals surface area (Å²) in [4.78, 5) is 11.3. The molecule has 0 radical (unpaired) electrons. The fourth-order valence-corrected chi connectivity index (χ4v) is 2.08. The lowest BCUT2D eigenvalue weighted by Gasteiger charge is -2.14. The summed E-state index contributed by atoms with van der Waals surface area (Å²) in [6.07, 6.45) is 1.02. The number of rotatable bonds is 9. The molecule has 0 bridgehead atoms. The first kappa shape index (κ1) is 14.7. The molecule has 0 heterocycles. The van der Waals surface area contributed by atoms with Gasteiger partial charge in [-0.05, 0) is 18.7 Å². The quantitative estimate of drug-likeness (QED) is 0.475. The van der Waals surface area contributed by atoms with Crippen molar-refractivity contribution in [3.63, 3.8) is 0 Å². The maximum absolute atomic E-state index is 11.3. The molecule has 0 aliphatic heterocycles. The van der Waals surface area contributed by atoms with Gasteiger partial charge in [0.1, 0.15) is 6.04 Å². The fourth-order valence-electron chi connectivity index (χ4n) is 1.11. The highest BCUT2D eigenvalue weighted by molar-refractivity contribution is 7.99. The smallest absolute Gasteiger partial charge is 0.323 e. The van der Waals surface area contributed by atoms with Gasteiger partial charge in [-0.25, -0.2) is 0 Å². The number of hydrogen-bond acceptors (Lipinski definition) is 5. The number of thioether (sulfide) groups is 1. The zero-order valence-corrected chi connectivity index (χ0v) is 10.6. The summed E-state index contributed by atoms with van der Waals surface area (Å²) < 4.78 is 9.65. The summed E-state index contributed by atoms with van der Waals surface area (Å²) in [6.45, 7) is 3.53. The molecule has 0 fully saturated rings. The summed E-state index contributed by atoms with van der Waals surface area (Å²) in [5.41, 5.74) is 0. The predicted molar refractivity (Wildman–Crippen MR) is 63.3 cm³/mol. The Morgan fingerprint density at radius 1 is 1.47 bits per heavy atom. The van der Waals surface area contributed by atoms with Gasteiger partial charge in [0.2, 0.25) is 0 Å². The highest BCUT2D eigenvalue weighted by atomic mass is 32.2. The molecule has 1 atom stereocenters. The molecule has 0 amide bonds. The van der Waals surface area contributed by atoms with E-state index in [1.165, 1.54) is 7.11 Å². The van der Waals surface area contributed by atoms with Crippen molar-refractivity contribution in [2.24, 2.45) is 0 Å². The van der Waals surface area contributed by atoms with E-state index in [2.05, 4.69) is 5.32 Å². The summed E-state index contributed by atoms with van der Waals surface area (Å²) >= 11 is 1.74. The van der Waals surface area contributed by atoms with Crippen molar-refractivity contribution >= 4 is 17.7 Å². The van der Waals surface area contributed by atoms with Gasteiger partial charge >= 0.3 is 5.97 Å². The van der Waals surface area contributed by atoms with Crippen LogP contribution in [-0.2, 0) is 14.3 Å². The summed E-state index contributed by atoms with van der Waals surface area (Å²) in [5.74, 6) is 1.58. The SMILES string of the molecule is CCNC(CSCCCOC)C(=O)OC. The monoisotopic (exact) mass is 235 g/mol. The van der Waals surface area contributed by atoms with Crippen molar-refractivity contribution in [3.8, 4) is 0 Å². The lowest BCUT2D eigenvalue weighted by Crippen LogP contribution is -2.39. The molecule has 1 unspecified atom stereocenters. The summed E-state index contributed by atoms with van der Waals surface area (Å²) in [5, 5.41) is 3.10. The molecule has 0 saturated heterocycles. The molecule has 0 aromatic heterocycles. The van der Waals surface area contributed by atoms with E-state index in [-0.39, 0.29) is 12.0 Å². The average molecular weight is 235 g/mol. The molecule has 0 saturated carbocycles. The van der Waals surface area contributed by atoms with Crippen LogP contribution in [0.1, 0.15) is 13.3 Å². The van der Waals surface area contributed by atoms with E-state index in [0.717, 1.165) is 31.1 Å². The molecule has 0 spiro atoms. The van der Waals surface area contributed by atoms with Gasteiger partial charge in [0.15, 0.2) is 0 Å². The second-order valence-electron chi connectivity index (χ2n) is 3.05. The molecular weight excluding hydrogens is 214 g/mol. The molecule has 0 aromatic rings. The van der Waals surface area contributed by atoms with E-state index in [1.807, 2.05) is 6.92 Å². The number of hydrogen-bond donors (Lipinski definition) is 1.